The van der Waals surface area contributed by atoms with Crippen LogP contribution < -0.4 is 5.32 Å². The lowest BCUT2D eigenvalue weighted by molar-refractivity contribution is 0.0873. The van der Waals surface area contributed by atoms with E-state index in [1.807, 2.05) is 0 Å². The van der Waals surface area contributed by atoms with Gasteiger partial charge in [0.2, 0.25) is 0 Å². The molecule has 3 aliphatic carbocycles. The molecule has 0 heterocycles. The lowest BCUT2D eigenvalue weighted by Gasteiger charge is -2.30. The molecule has 0 aromatic carbocycles. The van der Waals surface area contributed by atoms with Gasteiger partial charge in [0.1, 0.15) is 0 Å². The Balaban J connectivity index is 1.48. The first-order valence-corrected chi connectivity index (χ1v) is 6.72. The SMILES string of the molecule is OC1CCCCC1NCC1(C2CC2)CC1. The fraction of sp³-hybridized carbons (Fsp3) is 1.00. The van der Waals surface area contributed by atoms with E-state index >= 15 is 0 Å². The Morgan fingerprint density at radius 3 is 2.40 bits per heavy atom. The number of hydrogen-bond donors (Lipinski definition) is 2. The first-order valence-electron chi connectivity index (χ1n) is 6.72. The van der Waals surface area contributed by atoms with Gasteiger partial charge in [-0.05, 0) is 49.9 Å². The molecule has 0 spiro atoms. The van der Waals surface area contributed by atoms with Crippen LogP contribution in [0, 0.1) is 11.3 Å². The lowest BCUT2D eigenvalue weighted by atomic mass is 9.91. The summed E-state index contributed by atoms with van der Waals surface area (Å²) in [6.07, 6.45) is 10.4. The van der Waals surface area contributed by atoms with Crippen molar-refractivity contribution in [1.29, 1.82) is 0 Å². The Labute approximate surface area is 92.4 Å². The van der Waals surface area contributed by atoms with E-state index in [0.717, 1.165) is 12.3 Å². The molecule has 0 aromatic heterocycles. The Bertz CT molecular complexity index is 233. The third kappa shape index (κ3) is 2.07. The van der Waals surface area contributed by atoms with Crippen molar-refractivity contribution >= 4 is 0 Å². The van der Waals surface area contributed by atoms with Crippen LogP contribution in [0.5, 0.6) is 0 Å². The fourth-order valence-electron chi connectivity index (χ4n) is 3.27. The molecule has 2 unspecified atom stereocenters. The Morgan fingerprint density at radius 1 is 1.07 bits per heavy atom. The third-order valence-electron chi connectivity index (χ3n) is 4.78. The van der Waals surface area contributed by atoms with Crippen molar-refractivity contribution in [3.05, 3.63) is 0 Å². The second-order valence-electron chi connectivity index (χ2n) is 5.98. The number of aliphatic hydroxyl groups excluding tert-OH is 1. The highest BCUT2D eigenvalue weighted by Gasteiger charge is 2.53. The van der Waals surface area contributed by atoms with E-state index in [1.165, 1.54) is 51.5 Å². The minimum absolute atomic E-state index is 0.0752. The molecule has 0 amide bonds. The summed E-state index contributed by atoms with van der Waals surface area (Å²) in [4.78, 5) is 0. The predicted octanol–water partition coefficient (Wildman–Crippen LogP) is 2.07. The molecule has 0 aromatic rings. The van der Waals surface area contributed by atoms with Gasteiger partial charge in [0.25, 0.3) is 0 Å². The summed E-state index contributed by atoms with van der Waals surface area (Å²) in [5.41, 5.74) is 0.678. The van der Waals surface area contributed by atoms with Crippen LogP contribution in [0.2, 0.25) is 0 Å². The van der Waals surface area contributed by atoms with Crippen molar-refractivity contribution in [2.45, 2.75) is 63.5 Å². The molecule has 3 aliphatic rings. The number of hydrogen-bond acceptors (Lipinski definition) is 2. The minimum atomic E-state index is -0.0752. The Kier molecular flexibility index (Phi) is 2.52. The van der Waals surface area contributed by atoms with Crippen molar-refractivity contribution < 1.29 is 5.11 Å². The normalized spacial score (nSPS) is 39.0. The highest BCUT2D eigenvalue weighted by molar-refractivity contribution is 5.05. The van der Waals surface area contributed by atoms with Gasteiger partial charge in [0, 0.05) is 12.6 Å². The molecule has 3 rings (SSSR count). The van der Waals surface area contributed by atoms with Gasteiger partial charge in [-0.3, -0.25) is 0 Å². The van der Waals surface area contributed by atoms with Crippen molar-refractivity contribution in [2.75, 3.05) is 6.54 Å². The molecule has 2 atom stereocenters. The van der Waals surface area contributed by atoms with Gasteiger partial charge >= 0.3 is 0 Å². The maximum atomic E-state index is 9.88. The zero-order valence-electron chi connectivity index (χ0n) is 9.54. The van der Waals surface area contributed by atoms with Gasteiger partial charge in [-0.15, -0.1) is 0 Å². The van der Waals surface area contributed by atoms with Crippen LogP contribution in [0.1, 0.15) is 51.4 Å². The largest absolute Gasteiger partial charge is 0.392 e. The van der Waals surface area contributed by atoms with Crippen LogP contribution in [0.4, 0.5) is 0 Å². The van der Waals surface area contributed by atoms with Gasteiger partial charge in [-0.1, -0.05) is 12.8 Å². The molecule has 3 fully saturated rings. The fourth-order valence-corrected chi connectivity index (χ4v) is 3.27. The molecule has 3 saturated carbocycles. The molecule has 86 valence electrons. The summed E-state index contributed by atoms with van der Waals surface area (Å²) in [5.74, 6) is 1.03. The number of nitrogens with one attached hydrogen (secondary N) is 1. The maximum absolute atomic E-state index is 9.88. The molecule has 0 aliphatic heterocycles. The second-order valence-corrected chi connectivity index (χ2v) is 5.98. The van der Waals surface area contributed by atoms with Crippen LogP contribution in [-0.2, 0) is 0 Å². The van der Waals surface area contributed by atoms with E-state index in [9.17, 15) is 5.11 Å². The van der Waals surface area contributed by atoms with E-state index < -0.39 is 0 Å². The molecule has 15 heavy (non-hydrogen) atoms. The van der Waals surface area contributed by atoms with Crippen LogP contribution >= 0.6 is 0 Å². The average molecular weight is 209 g/mol. The smallest absolute Gasteiger partial charge is 0.0693 e. The van der Waals surface area contributed by atoms with E-state index in [-0.39, 0.29) is 6.10 Å². The van der Waals surface area contributed by atoms with E-state index in [4.69, 9.17) is 0 Å². The highest BCUT2D eigenvalue weighted by Crippen LogP contribution is 2.60. The van der Waals surface area contributed by atoms with Gasteiger partial charge in [0.15, 0.2) is 0 Å². The molecule has 0 bridgehead atoms. The first-order chi connectivity index (χ1) is 7.30. The third-order valence-corrected chi connectivity index (χ3v) is 4.78. The van der Waals surface area contributed by atoms with E-state index in [1.54, 1.807) is 0 Å². The van der Waals surface area contributed by atoms with Crippen LogP contribution in [0.25, 0.3) is 0 Å². The Hall–Kier alpha value is -0.0800. The van der Waals surface area contributed by atoms with Crippen molar-refractivity contribution in [3.8, 4) is 0 Å². The number of aliphatic hydroxyl groups is 1. The standard InChI is InChI=1S/C13H23NO/c15-12-4-2-1-3-11(12)14-9-13(7-8-13)10-5-6-10/h10-12,14-15H,1-9H2. The van der Waals surface area contributed by atoms with Crippen molar-refractivity contribution in [2.24, 2.45) is 11.3 Å². The van der Waals surface area contributed by atoms with E-state index in [0.29, 0.717) is 11.5 Å². The topological polar surface area (TPSA) is 32.3 Å². The van der Waals surface area contributed by atoms with E-state index in [2.05, 4.69) is 5.32 Å². The molecule has 0 radical (unpaired) electrons. The van der Waals surface area contributed by atoms with Gasteiger partial charge in [-0.2, -0.15) is 0 Å². The van der Waals surface area contributed by atoms with Gasteiger partial charge in [0.05, 0.1) is 6.10 Å². The molecule has 2 heteroatoms. The molecular weight excluding hydrogens is 186 g/mol. The summed E-state index contributed by atoms with van der Waals surface area (Å²) >= 11 is 0. The maximum Gasteiger partial charge on any atom is 0.0693 e. The summed E-state index contributed by atoms with van der Waals surface area (Å²) in [5, 5.41) is 13.5. The predicted molar refractivity (Wildman–Crippen MR) is 60.7 cm³/mol. The summed E-state index contributed by atoms with van der Waals surface area (Å²) < 4.78 is 0. The molecule has 2 nitrogen and oxygen atoms in total. The average Bonchev–Trinajstić information content (AvgIpc) is 3.10. The number of rotatable bonds is 4. The zero-order valence-corrected chi connectivity index (χ0v) is 9.54. The minimum Gasteiger partial charge on any atom is -0.392 e. The summed E-state index contributed by atoms with van der Waals surface area (Å²) in [6.45, 7) is 1.18. The van der Waals surface area contributed by atoms with Crippen molar-refractivity contribution in [1.82, 2.24) is 5.32 Å². The monoisotopic (exact) mass is 209 g/mol. The first kappa shape index (κ1) is 10.1. The lowest BCUT2D eigenvalue weighted by Crippen LogP contribution is -2.44. The van der Waals surface area contributed by atoms with Gasteiger partial charge in [-0.25, -0.2) is 0 Å². The Morgan fingerprint density at radius 2 is 1.80 bits per heavy atom. The highest BCUT2D eigenvalue weighted by atomic mass is 16.3. The van der Waals surface area contributed by atoms with Crippen LogP contribution in [0.15, 0.2) is 0 Å². The summed E-state index contributed by atoms with van der Waals surface area (Å²) in [6, 6.07) is 0.398. The van der Waals surface area contributed by atoms with Gasteiger partial charge < -0.3 is 10.4 Å². The summed E-state index contributed by atoms with van der Waals surface area (Å²) in [7, 11) is 0. The zero-order chi connectivity index (χ0) is 10.3. The van der Waals surface area contributed by atoms with Crippen molar-refractivity contribution in [3.63, 3.8) is 0 Å². The second kappa shape index (κ2) is 3.74. The molecule has 2 N–H and O–H groups in total. The van der Waals surface area contributed by atoms with Crippen LogP contribution in [-0.4, -0.2) is 23.8 Å². The quantitative estimate of drug-likeness (QED) is 0.743. The molecule has 0 saturated heterocycles. The van der Waals surface area contributed by atoms with Crippen LogP contribution in [0.3, 0.4) is 0 Å². The molecular formula is C13H23NO.